The van der Waals surface area contributed by atoms with Crippen molar-refractivity contribution >= 4 is 17.8 Å². The maximum absolute atomic E-state index is 11.1. The van der Waals surface area contributed by atoms with Gasteiger partial charge in [0.15, 0.2) is 6.79 Å². The summed E-state index contributed by atoms with van der Waals surface area (Å²) < 4.78 is 50.0. The topological polar surface area (TPSA) is 131 Å². The van der Waals surface area contributed by atoms with Crippen LogP contribution in [0.5, 0.6) is 0 Å². The first-order chi connectivity index (χ1) is 9.71. The molecule has 0 bridgehead atoms. The Hall–Kier alpha value is -0.0600. The van der Waals surface area contributed by atoms with E-state index < -0.39 is 30.7 Å². The second-order valence-corrected chi connectivity index (χ2v) is 9.07. The predicted octanol–water partition coefficient (Wildman–Crippen LogP) is 0.439. The third-order valence-corrected chi connectivity index (χ3v) is 3.93. The quantitative estimate of drug-likeness (QED) is 0.289. The van der Waals surface area contributed by atoms with Crippen molar-refractivity contribution in [1.82, 2.24) is 4.72 Å². The van der Waals surface area contributed by atoms with E-state index >= 15 is 0 Å². The summed E-state index contributed by atoms with van der Waals surface area (Å²) in [6.45, 7) is 7.04. The second-order valence-electron chi connectivity index (χ2n) is 6.00. The zero-order chi connectivity index (χ0) is 17.6. The predicted molar refractivity (Wildman–Crippen MR) is 80.6 cm³/mol. The Morgan fingerprint density at radius 3 is 2.23 bits per heavy atom. The largest absolute Gasteiger partial charge is 0.471 e. The zero-order valence-corrected chi connectivity index (χ0v) is 15.2. The first kappa shape index (κ1) is 21.9. The molecule has 0 spiro atoms. The molecule has 2 atom stereocenters. The lowest BCUT2D eigenvalue weighted by molar-refractivity contribution is -0.103. The SMILES string of the molecule is C[C@H](O[C@@H](CNS(C)(=O)=O)COCOP(=O)(O)O)C(C)(C)C. The van der Waals surface area contributed by atoms with E-state index in [2.05, 4.69) is 9.25 Å². The van der Waals surface area contributed by atoms with Crippen LogP contribution in [0.2, 0.25) is 0 Å². The van der Waals surface area contributed by atoms with E-state index in [4.69, 9.17) is 19.3 Å². The summed E-state index contributed by atoms with van der Waals surface area (Å²) in [5.74, 6) is 0. The van der Waals surface area contributed by atoms with Gasteiger partial charge < -0.3 is 19.3 Å². The third-order valence-electron chi connectivity index (χ3n) is 2.80. The molecule has 0 aromatic carbocycles. The molecule has 0 aliphatic rings. The minimum absolute atomic E-state index is 0.0187. The Morgan fingerprint density at radius 2 is 1.82 bits per heavy atom. The number of hydrogen-bond acceptors (Lipinski definition) is 6. The monoisotopic (exact) mass is 363 g/mol. The summed E-state index contributed by atoms with van der Waals surface area (Å²) in [7, 11) is -7.98. The molecule has 22 heavy (non-hydrogen) atoms. The first-order valence-corrected chi connectivity index (χ1v) is 10.0. The van der Waals surface area contributed by atoms with Crippen molar-refractivity contribution in [3.63, 3.8) is 0 Å². The van der Waals surface area contributed by atoms with Gasteiger partial charge in [-0.2, -0.15) is 0 Å². The van der Waals surface area contributed by atoms with Crippen LogP contribution in [-0.2, 0) is 28.6 Å². The molecule has 134 valence electrons. The van der Waals surface area contributed by atoms with Gasteiger partial charge >= 0.3 is 7.82 Å². The van der Waals surface area contributed by atoms with Gasteiger partial charge in [-0.25, -0.2) is 17.7 Å². The van der Waals surface area contributed by atoms with E-state index in [9.17, 15) is 13.0 Å². The van der Waals surface area contributed by atoms with Crippen LogP contribution < -0.4 is 4.72 Å². The number of phosphoric ester groups is 1. The molecule has 0 aromatic rings. The summed E-state index contributed by atoms with van der Waals surface area (Å²) in [6.07, 6.45) is 0.212. The molecule has 9 nitrogen and oxygen atoms in total. The Bertz CT molecular complexity index is 469. The van der Waals surface area contributed by atoms with Gasteiger partial charge in [0.25, 0.3) is 0 Å². The summed E-state index contributed by atoms with van der Waals surface area (Å²) in [5, 5.41) is 0. The van der Waals surface area contributed by atoms with Crippen molar-refractivity contribution in [1.29, 1.82) is 0 Å². The molecule has 0 heterocycles. The van der Waals surface area contributed by atoms with Crippen LogP contribution in [-0.4, -0.2) is 56.6 Å². The van der Waals surface area contributed by atoms with E-state index in [-0.39, 0.29) is 24.7 Å². The van der Waals surface area contributed by atoms with Crippen LogP contribution >= 0.6 is 7.82 Å². The van der Waals surface area contributed by atoms with Gasteiger partial charge in [-0.3, -0.25) is 4.52 Å². The van der Waals surface area contributed by atoms with Gasteiger partial charge in [0, 0.05) is 6.54 Å². The highest BCUT2D eigenvalue weighted by molar-refractivity contribution is 7.88. The minimum atomic E-state index is -4.60. The van der Waals surface area contributed by atoms with Gasteiger partial charge in [-0.15, -0.1) is 0 Å². The fourth-order valence-corrected chi connectivity index (χ4v) is 1.87. The van der Waals surface area contributed by atoms with Crippen LogP contribution in [0.1, 0.15) is 27.7 Å². The Morgan fingerprint density at radius 1 is 1.27 bits per heavy atom. The minimum Gasteiger partial charge on any atom is -0.371 e. The van der Waals surface area contributed by atoms with Gasteiger partial charge in [0.05, 0.1) is 25.1 Å². The van der Waals surface area contributed by atoms with Crippen LogP contribution in [0.3, 0.4) is 0 Å². The fourth-order valence-electron chi connectivity index (χ4n) is 1.17. The summed E-state index contributed by atoms with van der Waals surface area (Å²) in [5.41, 5.74) is -0.161. The highest BCUT2D eigenvalue weighted by Gasteiger charge is 2.25. The highest BCUT2D eigenvalue weighted by atomic mass is 32.2. The molecule has 11 heteroatoms. The van der Waals surface area contributed by atoms with Crippen molar-refractivity contribution in [3.05, 3.63) is 0 Å². The van der Waals surface area contributed by atoms with Crippen LogP contribution in [0.25, 0.3) is 0 Å². The van der Waals surface area contributed by atoms with Crippen LogP contribution in [0.4, 0.5) is 0 Å². The summed E-state index contributed by atoms with van der Waals surface area (Å²) >= 11 is 0. The molecule has 0 aliphatic heterocycles. The highest BCUT2D eigenvalue weighted by Crippen LogP contribution is 2.35. The lowest BCUT2D eigenvalue weighted by Gasteiger charge is -2.31. The number of hydrogen-bond donors (Lipinski definition) is 3. The van der Waals surface area contributed by atoms with Crippen molar-refractivity contribution in [2.24, 2.45) is 5.41 Å². The maximum atomic E-state index is 11.1. The molecule has 0 saturated carbocycles. The smallest absolute Gasteiger partial charge is 0.371 e. The molecule has 0 radical (unpaired) electrons. The van der Waals surface area contributed by atoms with E-state index in [1.165, 1.54) is 0 Å². The van der Waals surface area contributed by atoms with Crippen molar-refractivity contribution in [2.75, 3.05) is 26.2 Å². The maximum Gasteiger partial charge on any atom is 0.471 e. The average molecular weight is 363 g/mol. The van der Waals surface area contributed by atoms with E-state index in [0.717, 1.165) is 6.26 Å². The molecular formula is C11H26NO8PS. The molecule has 0 amide bonds. The van der Waals surface area contributed by atoms with Crippen LogP contribution in [0, 0.1) is 5.41 Å². The Balaban J connectivity index is 4.49. The van der Waals surface area contributed by atoms with E-state index in [1.54, 1.807) is 0 Å². The number of sulfonamides is 1. The molecule has 0 aliphatic carbocycles. The number of ether oxygens (including phenoxy) is 2. The molecule has 0 unspecified atom stereocenters. The van der Waals surface area contributed by atoms with E-state index in [0.29, 0.717) is 0 Å². The Labute approximate surface area is 131 Å². The lowest BCUT2D eigenvalue weighted by atomic mass is 9.90. The number of phosphoric acid groups is 1. The standard InChI is InChI=1S/C11H26NO8PS/c1-9(11(2,3)4)20-10(6-12-22(5,16)17)7-18-8-19-21(13,14)15/h9-10,12H,6-8H2,1-5H3,(H2,13,14,15)/t9-,10-/m0/s1. The normalized spacial score (nSPS) is 16.5. The zero-order valence-electron chi connectivity index (χ0n) is 13.5. The van der Waals surface area contributed by atoms with Gasteiger partial charge in [-0.1, -0.05) is 20.8 Å². The van der Waals surface area contributed by atoms with Crippen molar-refractivity contribution < 1.29 is 36.8 Å². The van der Waals surface area contributed by atoms with Gasteiger partial charge in [0.1, 0.15) is 0 Å². The third kappa shape index (κ3) is 12.5. The number of rotatable bonds is 10. The van der Waals surface area contributed by atoms with Crippen molar-refractivity contribution in [2.45, 2.75) is 39.9 Å². The second kappa shape index (κ2) is 8.70. The van der Waals surface area contributed by atoms with E-state index in [1.807, 2.05) is 27.7 Å². The number of nitrogens with one attached hydrogen (secondary N) is 1. The van der Waals surface area contributed by atoms with Gasteiger partial charge in [-0.05, 0) is 12.3 Å². The Kier molecular flexibility index (Phi) is 8.67. The molecule has 0 rings (SSSR count). The van der Waals surface area contributed by atoms with Crippen molar-refractivity contribution in [3.8, 4) is 0 Å². The molecule has 3 N–H and O–H groups in total. The van der Waals surface area contributed by atoms with Gasteiger partial charge in [0.2, 0.25) is 10.0 Å². The molecular weight excluding hydrogens is 337 g/mol. The first-order valence-electron chi connectivity index (χ1n) is 6.58. The molecule has 0 fully saturated rings. The van der Waals surface area contributed by atoms with Crippen LogP contribution in [0.15, 0.2) is 0 Å². The lowest BCUT2D eigenvalue weighted by Crippen LogP contribution is -2.40. The molecule has 0 aromatic heterocycles. The summed E-state index contributed by atoms with van der Waals surface area (Å²) in [4.78, 5) is 17.1. The fraction of sp³-hybridized carbons (Fsp3) is 1.00. The average Bonchev–Trinajstić information content (AvgIpc) is 2.27. The molecule has 0 saturated heterocycles. The summed E-state index contributed by atoms with van der Waals surface area (Å²) in [6, 6.07) is 0.